The Morgan fingerprint density at radius 2 is 2.13 bits per heavy atom. The van der Waals surface area contributed by atoms with E-state index in [4.69, 9.17) is 0 Å². The molecule has 1 saturated carbocycles. The van der Waals surface area contributed by atoms with Crippen LogP contribution in [0.2, 0.25) is 0 Å². The zero-order chi connectivity index (χ0) is 17.1. The molecule has 2 rings (SSSR count). The zero-order valence-electron chi connectivity index (χ0n) is 12.8. The fourth-order valence-electron chi connectivity index (χ4n) is 2.41. The third kappa shape index (κ3) is 4.02. The van der Waals surface area contributed by atoms with E-state index in [2.05, 4.69) is 10.1 Å². The lowest BCUT2D eigenvalue weighted by atomic mass is 10.1. The first kappa shape index (κ1) is 16.9. The van der Waals surface area contributed by atoms with Crippen molar-refractivity contribution in [2.45, 2.75) is 32.6 Å². The lowest BCUT2D eigenvalue weighted by Crippen LogP contribution is -2.19. The van der Waals surface area contributed by atoms with Gasteiger partial charge in [-0.05, 0) is 36.8 Å². The van der Waals surface area contributed by atoms with Gasteiger partial charge in [0.15, 0.2) is 0 Å². The number of anilines is 1. The minimum Gasteiger partial charge on any atom is -0.466 e. The number of rotatable bonds is 6. The number of benzene rings is 1. The summed E-state index contributed by atoms with van der Waals surface area (Å²) in [5, 5.41) is 13.3. The standard InChI is InChI=1S/C15H17FN2O5/c1-3-23-15(20)7-14(19)17-12-5-10(9-4-8(9)2)11(16)6-13(12)18(21)22/h5-6,8-9H,3-4,7H2,1-2H3,(H,17,19)/t8?,9-/m0/s1. The van der Waals surface area contributed by atoms with Gasteiger partial charge in [0.2, 0.25) is 5.91 Å². The number of hydrogen-bond acceptors (Lipinski definition) is 5. The molecule has 1 amide bonds. The predicted octanol–water partition coefficient (Wildman–Crippen LogP) is 2.75. The first-order chi connectivity index (χ1) is 10.8. The molecule has 23 heavy (non-hydrogen) atoms. The van der Waals surface area contributed by atoms with Crippen LogP contribution in [0.15, 0.2) is 12.1 Å². The maximum absolute atomic E-state index is 14.0. The van der Waals surface area contributed by atoms with Crippen LogP contribution >= 0.6 is 0 Å². The lowest BCUT2D eigenvalue weighted by Gasteiger charge is -2.09. The molecule has 1 aromatic carbocycles. The number of halogens is 1. The second kappa shape index (κ2) is 6.72. The minimum atomic E-state index is -0.775. The van der Waals surface area contributed by atoms with E-state index in [1.165, 1.54) is 6.07 Å². The molecule has 1 aliphatic rings. The summed E-state index contributed by atoms with van der Waals surface area (Å²) in [4.78, 5) is 33.3. The van der Waals surface area contributed by atoms with E-state index in [0.29, 0.717) is 11.5 Å². The van der Waals surface area contributed by atoms with E-state index in [-0.39, 0.29) is 18.2 Å². The van der Waals surface area contributed by atoms with Crippen LogP contribution < -0.4 is 5.32 Å². The first-order valence-electron chi connectivity index (χ1n) is 7.26. The molecule has 0 saturated heterocycles. The number of nitro benzene ring substituents is 1. The number of hydrogen-bond donors (Lipinski definition) is 1. The Morgan fingerprint density at radius 3 is 2.65 bits per heavy atom. The number of ether oxygens (including phenoxy) is 1. The SMILES string of the molecule is CCOC(=O)CC(=O)Nc1cc([C@H]2CC2C)c(F)cc1[N+](=O)[O-]. The van der Waals surface area contributed by atoms with Crippen molar-refractivity contribution >= 4 is 23.3 Å². The van der Waals surface area contributed by atoms with Gasteiger partial charge in [-0.15, -0.1) is 0 Å². The van der Waals surface area contributed by atoms with Crippen LogP contribution in [0.4, 0.5) is 15.8 Å². The van der Waals surface area contributed by atoms with Crippen molar-refractivity contribution in [1.29, 1.82) is 0 Å². The highest BCUT2D eigenvalue weighted by atomic mass is 19.1. The summed E-state index contributed by atoms with van der Waals surface area (Å²) >= 11 is 0. The van der Waals surface area contributed by atoms with Crippen molar-refractivity contribution in [1.82, 2.24) is 0 Å². The summed E-state index contributed by atoms with van der Waals surface area (Å²) < 4.78 is 18.7. The van der Waals surface area contributed by atoms with Crippen LogP contribution in [0.1, 0.15) is 38.2 Å². The van der Waals surface area contributed by atoms with E-state index >= 15 is 0 Å². The fraction of sp³-hybridized carbons (Fsp3) is 0.467. The number of nitrogens with one attached hydrogen (secondary N) is 1. The summed E-state index contributed by atoms with van der Waals surface area (Å²) in [6, 6.07) is 2.09. The van der Waals surface area contributed by atoms with Crippen LogP contribution in [0, 0.1) is 21.8 Å². The lowest BCUT2D eigenvalue weighted by molar-refractivity contribution is -0.384. The highest BCUT2D eigenvalue weighted by Gasteiger charge is 2.37. The van der Waals surface area contributed by atoms with Crippen molar-refractivity contribution in [2.75, 3.05) is 11.9 Å². The molecule has 0 spiro atoms. The number of esters is 1. The summed E-state index contributed by atoms with van der Waals surface area (Å²) in [6.45, 7) is 3.68. The number of carbonyl (C=O) groups is 2. The molecule has 0 heterocycles. The normalized spacial score (nSPS) is 19.1. The number of amides is 1. The van der Waals surface area contributed by atoms with Crippen LogP contribution in [0.3, 0.4) is 0 Å². The van der Waals surface area contributed by atoms with Gasteiger partial charge < -0.3 is 10.1 Å². The maximum Gasteiger partial charge on any atom is 0.315 e. The summed E-state index contributed by atoms with van der Waals surface area (Å²) in [5.74, 6) is -1.83. The van der Waals surface area contributed by atoms with Gasteiger partial charge in [0.25, 0.3) is 5.69 Å². The molecule has 1 aliphatic carbocycles. The van der Waals surface area contributed by atoms with Crippen LogP contribution in [-0.2, 0) is 14.3 Å². The molecule has 1 N–H and O–H groups in total. The Balaban J connectivity index is 2.23. The Bertz CT molecular complexity index is 662. The third-order valence-electron chi connectivity index (χ3n) is 3.70. The molecule has 1 unspecified atom stereocenters. The molecular weight excluding hydrogens is 307 g/mol. The van der Waals surface area contributed by atoms with Crippen molar-refractivity contribution in [3.63, 3.8) is 0 Å². The Labute approximate surface area is 132 Å². The molecular formula is C15H17FN2O5. The molecule has 124 valence electrons. The maximum atomic E-state index is 14.0. The van der Waals surface area contributed by atoms with Crippen molar-refractivity contribution in [3.05, 3.63) is 33.6 Å². The van der Waals surface area contributed by atoms with E-state index in [1.54, 1.807) is 6.92 Å². The summed E-state index contributed by atoms with van der Waals surface area (Å²) in [7, 11) is 0. The molecule has 0 radical (unpaired) electrons. The second-order valence-electron chi connectivity index (χ2n) is 5.50. The van der Waals surface area contributed by atoms with Crippen LogP contribution in [-0.4, -0.2) is 23.4 Å². The molecule has 7 nitrogen and oxygen atoms in total. The molecule has 0 bridgehead atoms. The summed E-state index contributed by atoms with van der Waals surface area (Å²) in [5.41, 5.74) is -0.314. The van der Waals surface area contributed by atoms with E-state index in [1.807, 2.05) is 6.92 Å². The van der Waals surface area contributed by atoms with Gasteiger partial charge in [-0.2, -0.15) is 0 Å². The van der Waals surface area contributed by atoms with Crippen molar-refractivity contribution in [3.8, 4) is 0 Å². The largest absolute Gasteiger partial charge is 0.466 e. The van der Waals surface area contributed by atoms with Crippen molar-refractivity contribution in [2.24, 2.45) is 5.92 Å². The van der Waals surface area contributed by atoms with Gasteiger partial charge in [0, 0.05) is 0 Å². The quantitative estimate of drug-likeness (QED) is 0.375. The summed E-state index contributed by atoms with van der Waals surface area (Å²) in [6.07, 6.45) is 0.239. The van der Waals surface area contributed by atoms with E-state index in [9.17, 15) is 24.1 Å². The highest BCUT2D eigenvalue weighted by molar-refractivity contribution is 6.03. The molecule has 1 aromatic rings. The molecule has 0 aromatic heterocycles. The number of nitrogens with zero attached hydrogens (tertiary/aromatic N) is 1. The van der Waals surface area contributed by atoms with Gasteiger partial charge in [0.05, 0.1) is 17.6 Å². The smallest absolute Gasteiger partial charge is 0.315 e. The molecule has 2 atom stereocenters. The Kier molecular flexibility index (Phi) is 4.92. The highest BCUT2D eigenvalue weighted by Crippen LogP contribution is 2.49. The average molecular weight is 324 g/mol. The van der Waals surface area contributed by atoms with Gasteiger partial charge in [-0.1, -0.05) is 6.92 Å². The zero-order valence-corrected chi connectivity index (χ0v) is 12.8. The van der Waals surface area contributed by atoms with Crippen LogP contribution in [0.25, 0.3) is 0 Å². The van der Waals surface area contributed by atoms with Gasteiger partial charge in [-0.3, -0.25) is 19.7 Å². The number of carbonyl (C=O) groups excluding carboxylic acids is 2. The fourth-order valence-corrected chi connectivity index (χ4v) is 2.41. The number of nitro groups is 1. The molecule has 8 heteroatoms. The average Bonchev–Trinajstić information content (AvgIpc) is 3.16. The Hall–Kier alpha value is -2.51. The minimum absolute atomic E-state index is 0.00323. The van der Waals surface area contributed by atoms with E-state index in [0.717, 1.165) is 12.5 Å². The van der Waals surface area contributed by atoms with Gasteiger partial charge >= 0.3 is 5.97 Å². The molecule has 1 fully saturated rings. The van der Waals surface area contributed by atoms with Gasteiger partial charge in [-0.25, -0.2) is 4.39 Å². The van der Waals surface area contributed by atoms with E-state index < -0.39 is 34.7 Å². The Morgan fingerprint density at radius 1 is 1.48 bits per heavy atom. The van der Waals surface area contributed by atoms with Crippen molar-refractivity contribution < 1.29 is 23.6 Å². The topological polar surface area (TPSA) is 98.5 Å². The predicted molar refractivity (Wildman–Crippen MR) is 79.5 cm³/mol. The van der Waals surface area contributed by atoms with Gasteiger partial charge in [0.1, 0.15) is 17.9 Å². The monoisotopic (exact) mass is 324 g/mol. The molecule has 0 aliphatic heterocycles. The second-order valence-corrected chi connectivity index (χ2v) is 5.50. The third-order valence-corrected chi connectivity index (χ3v) is 3.70. The first-order valence-corrected chi connectivity index (χ1v) is 7.26. The van der Waals surface area contributed by atoms with Crippen LogP contribution in [0.5, 0.6) is 0 Å².